The summed E-state index contributed by atoms with van der Waals surface area (Å²) >= 11 is 0. The Morgan fingerprint density at radius 1 is 1.31 bits per heavy atom. The monoisotopic (exact) mass is 228 g/mol. The van der Waals surface area contributed by atoms with Gasteiger partial charge in [0.05, 0.1) is 5.56 Å². The minimum Gasteiger partial charge on any atom is -0.298 e. The third-order valence-electron chi connectivity index (χ3n) is 2.22. The van der Waals surface area contributed by atoms with Crippen molar-refractivity contribution in [3.8, 4) is 0 Å². The molecule has 0 N–H and O–H groups in total. The summed E-state index contributed by atoms with van der Waals surface area (Å²) in [5.41, 5.74) is -0.0865. The van der Waals surface area contributed by atoms with Crippen molar-refractivity contribution in [2.24, 2.45) is 0 Å². The molecule has 0 aliphatic rings. The zero-order valence-corrected chi connectivity index (χ0v) is 8.55. The van der Waals surface area contributed by atoms with Crippen LogP contribution in [0.4, 0.5) is 13.2 Å². The predicted octanol–water partition coefficient (Wildman–Crippen LogP) is 3.64. The lowest BCUT2D eigenvalue weighted by molar-refractivity contribution is -0.137. The van der Waals surface area contributed by atoms with Gasteiger partial charge in [-0.1, -0.05) is 12.1 Å². The molecule has 0 spiro atoms. The van der Waals surface area contributed by atoms with E-state index in [2.05, 4.69) is 6.58 Å². The number of aldehydes is 1. The van der Waals surface area contributed by atoms with Crippen LogP contribution in [-0.4, -0.2) is 6.29 Å². The molecular weight excluding hydrogens is 217 g/mol. The first kappa shape index (κ1) is 12.5. The summed E-state index contributed by atoms with van der Waals surface area (Å²) in [5.74, 6) is 0. The number of allylic oxidation sites excluding steroid dienone is 1. The molecule has 86 valence electrons. The Kier molecular flexibility index (Phi) is 3.88. The summed E-state index contributed by atoms with van der Waals surface area (Å²) in [6.45, 7) is 3.52. The van der Waals surface area contributed by atoms with E-state index in [0.717, 1.165) is 12.1 Å². The van der Waals surface area contributed by atoms with E-state index in [9.17, 15) is 18.0 Å². The van der Waals surface area contributed by atoms with Gasteiger partial charge < -0.3 is 0 Å². The molecule has 0 radical (unpaired) electrons. The molecule has 0 saturated carbocycles. The van der Waals surface area contributed by atoms with Crippen LogP contribution in [0.3, 0.4) is 0 Å². The number of alkyl halides is 3. The lowest BCUT2D eigenvalue weighted by atomic mass is 10.0. The van der Waals surface area contributed by atoms with Gasteiger partial charge in [0.25, 0.3) is 0 Å². The lowest BCUT2D eigenvalue weighted by Crippen LogP contribution is -2.06. The fourth-order valence-electron chi connectivity index (χ4n) is 1.37. The Morgan fingerprint density at radius 2 is 2.00 bits per heavy atom. The smallest absolute Gasteiger partial charge is 0.298 e. The highest BCUT2D eigenvalue weighted by molar-refractivity contribution is 5.77. The van der Waals surface area contributed by atoms with E-state index >= 15 is 0 Å². The van der Waals surface area contributed by atoms with E-state index in [1.54, 1.807) is 6.08 Å². The second-order valence-corrected chi connectivity index (χ2v) is 3.36. The van der Waals surface area contributed by atoms with Gasteiger partial charge in [-0.2, -0.15) is 13.2 Å². The molecule has 0 heterocycles. The van der Waals surface area contributed by atoms with E-state index in [1.165, 1.54) is 6.07 Å². The standard InChI is InChI=1S/C12H11F3O/c1-2-3-4-9-5-6-11(12(13,14)15)7-10(9)8-16/h2,5-8H,1,3-4H2. The summed E-state index contributed by atoms with van der Waals surface area (Å²) < 4.78 is 37.1. The highest BCUT2D eigenvalue weighted by atomic mass is 19.4. The van der Waals surface area contributed by atoms with Crippen LogP contribution in [0.2, 0.25) is 0 Å². The number of carbonyl (C=O) groups is 1. The van der Waals surface area contributed by atoms with Crippen LogP contribution in [-0.2, 0) is 12.6 Å². The zero-order valence-electron chi connectivity index (χ0n) is 8.55. The van der Waals surface area contributed by atoms with Crippen LogP contribution < -0.4 is 0 Å². The minimum atomic E-state index is -4.41. The average Bonchev–Trinajstić information content (AvgIpc) is 2.24. The van der Waals surface area contributed by atoms with Gasteiger partial charge in [0.2, 0.25) is 0 Å². The van der Waals surface area contributed by atoms with Crippen LogP contribution in [0, 0.1) is 0 Å². The molecule has 0 aliphatic carbocycles. The fourth-order valence-corrected chi connectivity index (χ4v) is 1.37. The van der Waals surface area contributed by atoms with Crippen molar-refractivity contribution in [1.29, 1.82) is 0 Å². The molecule has 0 amide bonds. The molecular formula is C12H11F3O. The third kappa shape index (κ3) is 2.95. The number of benzene rings is 1. The molecule has 4 heteroatoms. The fraction of sp³-hybridized carbons (Fsp3) is 0.250. The second kappa shape index (κ2) is 4.96. The van der Waals surface area contributed by atoms with Gasteiger partial charge in [-0.3, -0.25) is 4.79 Å². The number of hydrogen-bond acceptors (Lipinski definition) is 1. The van der Waals surface area contributed by atoms with Crippen LogP contribution >= 0.6 is 0 Å². The van der Waals surface area contributed by atoms with Crippen molar-refractivity contribution in [2.75, 3.05) is 0 Å². The topological polar surface area (TPSA) is 17.1 Å². The molecule has 0 aromatic heterocycles. The zero-order chi connectivity index (χ0) is 12.2. The molecule has 0 aliphatic heterocycles. The molecule has 1 rings (SSSR count). The van der Waals surface area contributed by atoms with Gasteiger partial charge in [0, 0.05) is 5.56 Å². The number of aryl methyl sites for hydroxylation is 1. The molecule has 0 bridgehead atoms. The first-order chi connectivity index (χ1) is 7.49. The van der Waals surface area contributed by atoms with Crippen molar-refractivity contribution >= 4 is 6.29 Å². The summed E-state index contributed by atoms with van der Waals surface area (Å²) in [6.07, 6.45) is -1.14. The maximum atomic E-state index is 12.4. The maximum Gasteiger partial charge on any atom is 0.416 e. The normalized spacial score (nSPS) is 11.2. The number of rotatable bonds is 4. The minimum absolute atomic E-state index is 0.0941. The van der Waals surface area contributed by atoms with Crippen LogP contribution in [0.25, 0.3) is 0 Å². The first-order valence-electron chi connectivity index (χ1n) is 4.75. The van der Waals surface area contributed by atoms with Crippen molar-refractivity contribution in [3.63, 3.8) is 0 Å². The van der Waals surface area contributed by atoms with Gasteiger partial charge in [0.15, 0.2) is 0 Å². The largest absolute Gasteiger partial charge is 0.416 e. The average molecular weight is 228 g/mol. The SMILES string of the molecule is C=CCCc1ccc(C(F)(F)F)cc1C=O. The maximum absolute atomic E-state index is 12.4. The second-order valence-electron chi connectivity index (χ2n) is 3.36. The summed E-state index contributed by atoms with van der Waals surface area (Å²) in [6, 6.07) is 3.22. The molecule has 0 saturated heterocycles. The Labute approximate surface area is 91.6 Å². The third-order valence-corrected chi connectivity index (χ3v) is 2.22. The van der Waals surface area contributed by atoms with E-state index in [1.807, 2.05) is 0 Å². The molecule has 0 fully saturated rings. The van der Waals surface area contributed by atoms with E-state index in [0.29, 0.717) is 24.7 Å². The van der Waals surface area contributed by atoms with Crippen LogP contribution in [0.1, 0.15) is 27.9 Å². The molecule has 1 aromatic carbocycles. The Morgan fingerprint density at radius 3 is 2.50 bits per heavy atom. The highest BCUT2D eigenvalue weighted by Crippen LogP contribution is 2.30. The highest BCUT2D eigenvalue weighted by Gasteiger charge is 2.30. The number of hydrogen-bond donors (Lipinski definition) is 0. The van der Waals surface area contributed by atoms with E-state index < -0.39 is 11.7 Å². The van der Waals surface area contributed by atoms with Crippen LogP contribution in [0.5, 0.6) is 0 Å². The molecule has 16 heavy (non-hydrogen) atoms. The van der Waals surface area contributed by atoms with Crippen LogP contribution in [0.15, 0.2) is 30.9 Å². The number of carbonyl (C=O) groups excluding carboxylic acids is 1. The van der Waals surface area contributed by atoms with Crippen molar-refractivity contribution in [3.05, 3.63) is 47.5 Å². The van der Waals surface area contributed by atoms with Crippen molar-refractivity contribution in [2.45, 2.75) is 19.0 Å². The Hall–Kier alpha value is -1.58. The van der Waals surface area contributed by atoms with Gasteiger partial charge >= 0.3 is 6.18 Å². The Bertz CT molecular complexity index is 394. The molecule has 0 atom stereocenters. The summed E-state index contributed by atoms with van der Waals surface area (Å²) in [4.78, 5) is 10.7. The van der Waals surface area contributed by atoms with Gasteiger partial charge in [-0.25, -0.2) is 0 Å². The van der Waals surface area contributed by atoms with Crippen molar-refractivity contribution < 1.29 is 18.0 Å². The summed E-state index contributed by atoms with van der Waals surface area (Å²) in [7, 11) is 0. The van der Waals surface area contributed by atoms with Gasteiger partial charge in [0.1, 0.15) is 6.29 Å². The van der Waals surface area contributed by atoms with Gasteiger partial charge in [-0.05, 0) is 30.5 Å². The Balaban J connectivity index is 3.06. The molecule has 1 nitrogen and oxygen atoms in total. The summed E-state index contributed by atoms with van der Waals surface area (Å²) in [5, 5.41) is 0. The predicted molar refractivity (Wildman–Crippen MR) is 55.3 cm³/mol. The quantitative estimate of drug-likeness (QED) is 0.568. The lowest BCUT2D eigenvalue weighted by Gasteiger charge is -2.09. The number of halogens is 3. The molecule has 0 unspecified atom stereocenters. The van der Waals surface area contributed by atoms with E-state index in [-0.39, 0.29) is 5.56 Å². The van der Waals surface area contributed by atoms with E-state index in [4.69, 9.17) is 0 Å². The first-order valence-corrected chi connectivity index (χ1v) is 4.75. The van der Waals surface area contributed by atoms with Gasteiger partial charge in [-0.15, -0.1) is 6.58 Å². The molecule has 1 aromatic rings. The van der Waals surface area contributed by atoms with Crippen molar-refractivity contribution in [1.82, 2.24) is 0 Å².